The molecule has 2 rings (SSSR count). The molecule has 0 radical (unpaired) electrons. The summed E-state index contributed by atoms with van der Waals surface area (Å²) in [5.74, 6) is 0. The van der Waals surface area contributed by atoms with Gasteiger partial charge in [-0.25, -0.2) is 4.79 Å². The number of nitrogens with zero attached hydrogens (tertiary/aromatic N) is 1. The predicted molar refractivity (Wildman–Crippen MR) is 93.9 cm³/mol. The van der Waals surface area contributed by atoms with Gasteiger partial charge in [0.15, 0.2) is 0 Å². The van der Waals surface area contributed by atoms with E-state index in [1.165, 1.54) is 0 Å². The second-order valence-corrected chi connectivity index (χ2v) is 5.70. The van der Waals surface area contributed by atoms with Crippen LogP contribution in [0.2, 0.25) is 0 Å². The third-order valence-corrected chi connectivity index (χ3v) is 3.56. The molecule has 0 aliphatic rings. The lowest BCUT2D eigenvalue weighted by Gasteiger charge is -2.16. The summed E-state index contributed by atoms with van der Waals surface area (Å²) in [6, 6.07) is 14.8. The van der Waals surface area contributed by atoms with Crippen LogP contribution < -0.4 is 15.5 Å². The van der Waals surface area contributed by atoms with E-state index in [0.717, 1.165) is 22.5 Å². The number of hydrogen-bond donors (Lipinski definition) is 3. The van der Waals surface area contributed by atoms with Crippen LogP contribution in [0.25, 0.3) is 0 Å². The number of carbonyl (C=O) groups excluding carboxylic acids is 1. The summed E-state index contributed by atoms with van der Waals surface area (Å²) in [6.45, 7) is 2.14. The van der Waals surface area contributed by atoms with Crippen LogP contribution in [0.3, 0.4) is 0 Å². The van der Waals surface area contributed by atoms with E-state index in [2.05, 4.69) is 10.6 Å². The van der Waals surface area contributed by atoms with Crippen molar-refractivity contribution >= 4 is 17.4 Å². The van der Waals surface area contributed by atoms with Crippen LogP contribution in [-0.4, -0.2) is 31.8 Å². The molecule has 0 aromatic heterocycles. The topological polar surface area (TPSA) is 64.6 Å². The SMILES string of the molecule is Cc1ccc(NC(=O)NCC(O)c2ccc(N(C)C)cc2)cc1. The number of nitrogens with one attached hydrogen (secondary N) is 2. The van der Waals surface area contributed by atoms with Gasteiger partial charge in [-0.3, -0.25) is 0 Å². The maximum atomic E-state index is 11.8. The lowest BCUT2D eigenvalue weighted by Crippen LogP contribution is -2.32. The summed E-state index contributed by atoms with van der Waals surface area (Å²) in [5.41, 5.74) is 3.68. The second kappa shape index (κ2) is 7.65. The van der Waals surface area contributed by atoms with Gasteiger partial charge in [0, 0.05) is 32.0 Å². The van der Waals surface area contributed by atoms with Gasteiger partial charge in [0.2, 0.25) is 0 Å². The van der Waals surface area contributed by atoms with Gasteiger partial charge >= 0.3 is 6.03 Å². The first-order chi connectivity index (χ1) is 11.0. The van der Waals surface area contributed by atoms with E-state index >= 15 is 0 Å². The van der Waals surface area contributed by atoms with Crippen molar-refractivity contribution in [3.05, 3.63) is 59.7 Å². The minimum Gasteiger partial charge on any atom is -0.387 e. The minimum atomic E-state index is -0.741. The lowest BCUT2D eigenvalue weighted by molar-refractivity contribution is 0.175. The summed E-state index contributed by atoms with van der Waals surface area (Å²) in [7, 11) is 3.92. The number of rotatable bonds is 5. The summed E-state index contributed by atoms with van der Waals surface area (Å²) in [5, 5.41) is 15.5. The Morgan fingerprint density at radius 3 is 2.26 bits per heavy atom. The van der Waals surface area contributed by atoms with Gasteiger partial charge in [0.05, 0.1) is 6.10 Å². The van der Waals surface area contributed by atoms with E-state index < -0.39 is 6.10 Å². The Kier molecular flexibility index (Phi) is 5.60. The summed E-state index contributed by atoms with van der Waals surface area (Å²) in [4.78, 5) is 13.8. The molecule has 2 aromatic carbocycles. The highest BCUT2D eigenvalue weighted by molar-refractivity contribution is 5.89. The number of aliphatic hydroxyl groups is 1. The largest absolute Gasteiger partial charge is 0.387 e. The first kappa shape index (κ1) is 16.8. The normalized spacial score (nSPS) is 11.7. The molecule has 23 heavy (non-hydrogen) atoms. The number of hydrogen-bond acceptors (Lipinski definition) is 3. The van der Waals surface area contributed by atoms with Gasteiger partial charge in [-0.15, -0.1) is 0 Å². The molecule has 0 spiro atoms. The van der Waals surface area contributed by atoms with Crippen molar-refractivity contribution in [2.45, 2.75) is 13.0 Å². The van der Waals surface area contributed by atoms with Gasteiger partial charge in [-0.2, -0.15) is 0 Å². The zero-order chi connectivity index (χ0) is 16.8. The summed E-state index contributed by atoms with van der Waals surface area (Å²) < 4.78 is 0. The Morgan fingerprint density at radius 2 is 1.70 bits per heavy atom. The fourth-order valence-electron chi connectivity index (χ4n) is 2.11. The van der Waals surface area contributed by atoms with Gasteiger partial charge in [-0.1, -0.05) is 29.8 Å². The van der Waals surface area contributed by atoms with Crippen LogP contribution in [0.4, 0.5) is 16.2 Å². The summed E-state index contributed by atoms with van der Waals surface area (Å²) >= 11 is 0. The van der Waals surface area contributed by atoms with Crippen LogP contribution in [0.5, 0.6) is 0 Å². The number of aliphatic hydroxyl groups excluding tert-OH is 1. The van der Waals surface area contributed by atoms with Crippen molar-refractivity contribution in [1.29, 1.82) is 0 Å². The highest BCUT2D eigenvalue weighted by Gasteiger charge is 2.10. The number of urea groups is 1. The van der Waals surface area contributed by atoms with Crippen molar-refractivity contribution in [2.75, 3.05) is 30.9 Å². The van der Waals surface area contributed by atoms with Crippen LogP contribution >= 0.6 is 0 Å². The first-order valence-corrected chi connectivity index (χ1v) is 7.52. The first-order valence-electron chi connectivity index (χ1n) is 7.52. The van der Waals surface area contributed by atoms with Crippen molar-refractivity contribution in [2.24, 2.45) is 0 Å². The van der Waals surface area contributed by atoms with Gasteiger partial charge in [0.1, 0.15) is 0 Å². The third-order valence-electron chi connectivity index (χ3n) is 3.56. The molecule has 2 aromatic rings. The molecular formula is C18H23N3O2. The molecule has 0 aliphatic heterocycles. The molecule has 1 unspecified atom stereocenters. The van der Waals surface area contributed by atoms with Crippen molar-refractivity contribution in [3.8, 4) is 0 Å². The molecule has 1 atom stereocenters. The molecule has 5 heteroatoms. The van der Waals surface area contributed by atoms with Crippen LogP contribution in [-0.2, 0) is 0 Å². The van der Waals surface area contributed by atoms with Gasteiger partial charge < -0.3 is 20.6 Å². The maximum Gasteiger partial charge on any atom is 0.319 e. The highest BCUT2D eigenvalue weighted by Crippen LogP contribution is 2.17. The maximum absolute atomic E-state index is 11.8. The molecule has 5 nitrogen and oxygen atoms in total. The van der Waals surface area contributed by atoms with Crippen LogP contribution in [0.1, 0.15) is 17.2 Å². The zero-order valence-corrected chi connectivity index (χ0v) is 13.7. The zero-order valence-electron chi connectivity index (χ0n) is 13.7. The average molecular weight is 313 g/mol. The van der Waals surface area contributed by atoms with Crippen LogP contribution in [0.15, 0.2) is 48.5 Å². The molecular weight excluding hydrogens is 290 g/mol. The highest BCUT2D eigenvalue weighted by atomic mass is 16.3. The number of carbonyl (C=O) groups is 1. The lowest BCUT2D eigenvalue weighted by atomic mass is 10.1. The molecule has 0 saturated carbocycles. The summed E-state index contributed by atoms with van der Waals surface area (Å²) in [6.07, 6.45) is -0.741. The molecule has 0 heterocycles. The van der Waals surface area contributed by atoms with E-state index in [1.54, 1.807) is 0 Å². The Labute approximate surface area is 136 Å². The van der Waals surface area contributed by atoms with E-state index in [-0.39, 0.29) is 12.6 Å². The molecule has 0 fully saturated rings. The van der Waals surface area contributed by atoms with E-state index in [4.69, 9.17) is 0 Å². The Hall–Kier alpha value is -2.53. The fourth-order valence-corrected chi connectivity index (χ4v) is 2.11. The Morgan fingerprint density at radius 1 is 1.09 bits per heavy atom. The van der Waals surface area contributed by atoms with E-state index in [1.807, 2.05) is 74.4 Å². The molecule has 3 N–H and O–H groups in total. The smallest absolute Gasteiger partial charge is 0.319 e. The number of amides is 2. The quantitative estimate of drug-likeness (QED) is 0.795. The molecule has 122 valence electrons. The Balaban J connectivity index is 1.84. The third kappa shape index (κ3) is 5.00. The molecule has 2 amide bonds. The second-order valence-electron chi connectivity index (χ2n) is 5.70. The van der Waals surface area contributed by atoms with Crippen molar-refractivity contribution < 1.29 is 9.90 Å². The van der Waals surface area contributed by atoms with Gasteiger partial charge in [-0.05, 0) is 36.8 Å². The fraction of sp³-hybridized carbons (Fsp3) is 0.278. The standard InChI is InChI=1S/C18H23N3O2/c1-13-4-8-15(9-5-13)20-18(23)19-12-17(22)14-6-10-16(11-7-14)21(2)3/h4-11,17,22H,12H2,1-3H3,(H2,19,20,23). The Bertz CT molecular complexity index is 636. The number of anilines is 2. The number of aryl methyl sites for hydroxylation is 1. The monoisotopic (exact) mass is 313 g/mol. The molecule has 0 saturated heterocycles. The average Bonchev–Trinajstić information content (AvgIpc) is 2.55. The number of benzene rings is 2. The van der Waals surface area contributed by atoms with Crippen molar-refractivity contribution in [3.63, 3.8) is 0 Å². The predicted octanol–water partition coefficient (Wildman–Crippen LogP) is 2.92. The van der Waals surface area contributed by atoms with E-state index in [0.29, 0.717) is 0 Å². The molecule has 0 bridgehead atoms. The van der Waals surface area contributed by atoms with Crippen molar-refractivity contribution in [1.82, 2.24) is 5.32 Å². The van der Waals surface area contributed by atoms with Crippen LogP contribution in [0, 0.1) is 6.92 Å². The van der Waals surface area contributed by atoms with E-state index in [9.17, 15) is 9.90 Å². The van der Waals surface area contributed by atoms with Gasteiger partial charge in [0.25, 0.3) is 0 Å². The molecule has 0 aliphatic carbocycles. The minimum absolute atomic E-state index is 0.152.